The van der Waals surface area contributed by atoms with E-state index < -0.39 is 193 Å². The van der Waals surface area contributed by atoms with Crippen molar-refractivity contribution in [1.82, 2.24) is 78.1 Å². The monoisotopic (exact) mass is 1810 g/mol. The lowest BCUT2D eigenvalue weighted by Crippen LogP contribution is -2.50. The Morgan fingerprint density at radius 3 is 1.70 bits per heavy atom. The SMILES string of the molecule is CC[C@H]1O[C@@H](n2cnc3c(N)ncnc32)C[C@H]1OP(O)(=S)OC[C@]12O[C@@H](c3[nH]c(=O)nc(N)c3C)C(O[C@H]1C)[C@H]2OP(=O)(O)OC[C@H]1O[C@@H](n2cnc3c(N)ncnc32)C(OCCOC)[C@H]1OP(O)(=S)OC[C@H]1O[C@@H](n2cnc3c(=O)[nH]c(C)nc32)C(OCCOC)[C@H]1OP(O)(=S)OC[C@H]1O[C@@H](n2cc(C)c(N)nc2=O)C(OCCOC)[C@H]1O. The molecule has 8 aromatic heterocycles. The largest absolute Gasteiger partial charge is 0.472 e. The fourth-order valence-corrected chi connectivity index (χ4v) is 20.1. The van der Waals surface area contributed by atoms with Gasteiger partial charge in [-0.05, 0) is 69.5 Å². The number of rotatable bonds is 38. The number of nitrogens with one attached hydrogen (secondary N) is 2. The molecular formula is C63H88N20O29P4S3. The van der Waals surface area contributed by atoms with Crippen LogP contribution in [0.2, 0.25) is 0 Å². The van der Waals surface area contributed by atoms with E-state index in [1.165, 1.54) is 82.7 Å². The first kappa shape index (κ1) is 88.9. The molecule has 8 aromatic rings. The minimum absolute atomic E-state index is 0.0105. The van der Waals surface area contributed by atoms with E-state index in [0.717, 1.165) is 10.9 Å². The van der Waals surface area contributed by atoms with Gasteiger partial charge in [0.1, 0.15) is 126 Å². The molecule has 8 unspecified atom stereocenters. The Bertz CT molecular complexity index is 5390. The van der Waals surface area contributed by atoms with Crippen molar-refractivity contribution in [2.75, 3.05) is 110 Å². The molecule has 6 saturated heterocycles. The highest BCUT2D eigenvalue weighted by atomic mass is 32.5. The number of imidazole rings is 3. The number of aliphatic hydroxyl groups is 1. The van der Waals surface area contributed by atoms with E-state index in [1.807, 2.05) is 6.92 Å². The number of aromatic nitrogens is 16. The summed E-state index contributed by atoms with van der Waals surface area (Å²) >= 11 is 17.3. The summed E-state index contributed by atoms with van der Waals surface area (Å²) in [5.41, 5.74) is 21.6. The number of nitrogens with two attached hydrogens (primary N) is 4. The zero-order chi connectivity index (χ0) is 84.9. The Balaban J connectivity index is 0.746. The molecule has 652 valence electrons. The molecule has 0 aromatic carbocycles. The van der Waals surface area contributed by atoms with Gasteiger partial charge in [0.25, 0.3) is 5.56 Å². The van der Waals surface area contributed by atoms with Gasteiger partial charge >= 0.3 is 39.4 Å². The lowest BCUT2D eigenvalue weighted by molar-refractivity contribution is -0.196. The molecule has 0 radical (unpaired) electrons. The zero-order valence-corrected chi connectivity index (χ0v) is 70.6. The first-order valence-corrected chi connectivity index (χ1v) is 46.0. The number of methoxy groups -OCH3 is 3. The summed E-state index contributed by atoms with van der Waals surface area (Å²) in [6.45, 7) is -9.83. The molecule has 24 atom stereocenters. The summed E-state index contributed by atoms with van der Waals surface area (Å²) in [6.07, 6.45) is -17.5. The number of aromatic amines is 2. The first-order valence-electron chi connectivity index (χ1n) is 36.7. The van der Waals surface area contributed by atoms with Crippen molar-refractivity contribution in [2.24, 2.45) is 0 Å². The highest BCUT2D eigenvalue weighted by Gasteiger charge is 2.69. The molecular weight excluding hydrogens is 1720 g/mol. The Morgan fingerprint density at radius 2 is 1.10 bits per heavy atom. The van der Waals surface area contributed by atoms with Crippen molar-refractivity contribution >= 4 is 120 Å². The van der Waals surface area contributed by atoms with E-state index in [2.05, 4.69) is 59.8 Å². The van der Waals surface area contributed by atoms with Crippen LogP contribution in [0.4, 0.5) is 23.3 Å². The number of nitrogens with zero attached hydrogens (tertiary/aromatic N) is 14. The number of hydrogen-bond acceptors (Lipinski definition) is 42. The molecule has 6 aliphatic heterocycles. The van der Waals surface area contributed by atoms with Crippen LogP contribution in [0, 0.1) is 20.8 Å². The second kappa shape index (κ2) is 36.4. The van der Waals surface area contributed by atoms with Gasteiger partial charge in [0, 0.05) is 45.1 Å². The topological polar surface area (TPSA) is 638 Å². The van der Waals surface area contributed by atoms with Gasteiger partial charge in [-0.25, -0.2) is 54.0 Å². The summed E-state index contributed by atoms with van der Waals surface area (Å²) in [6, 6.07) is 0. The van der Waals surface area contributed by atoms with Crippen LogP contribution in [-0.4, -0.2) is 281 Å². The number of fused-ring (bicyclic) bond motifs is 5. The summed E-state index contributed by atoms with van der Waals surface area (Å²) < 4.78 is 144. The fraction of sp³-hybridized carbons (Fsp3) is 0.635. The van der Waals surface area contributed by atoms with Crippen molar-refractivity contribution in [3.8, 4) is 0 Å². The van der Waals surface area contributed by atoms with Gasteiger partial charge in [0.15, 0.2) is 52.8 Å². The number of nitrogen functional groups attached to an aromatic ring is 4. The van der Waals surface area contributed by atoms with Gasteiger partial charge in [-0.3, -0.25) is 41.2 Å². The van der Waals surface area contributed by atoms with Crippen LogP contribution in [0.1, 0.15) is 80.3 Å². The van der Waals surface area contributed by atoms with E-state index in [9.17, 15) is 39.1 Å². The minimum atomic E-state index is -5.61. The Labute approximate surface area is 688 Å². The lowest BCUT2D eigenvalue weighted by atomic mass is 9.94. The molecule has 0 aliphatic carbocycles. The first-order chi connectivity index (χ1) is 56.6. The van der Waals surface area contributed by atoms with E-state index in [0.29, 0.717) is 23.1 Å². The predicted molar refractivity (Wildman–Crippen MR) is 419 cm³/mol. The number of phosphoric ester groups is 1. The van der Waals surface area contributed by atoms with Gasteiger partial charge in [0.2, 0.25) is 0 Å². The summed E-state index contributed by atoms with van der Waals surface area (Å²) in [4.78, 5) is 136. The van der Waals surface area contributed by atoms with Crippen LogP contribution in [-0.2, 0) is 133 Å². The molecule has 119 heavy (non-hydrogen) atoms. The van der Waals surface area contributed by atoms with Gasteiger partial charge in [-0.1, -0.05) is 6.92 Å². The molecule has 56 heteroatoms. The molecule has 6 aliphatic rings. The predicted octanol–water partition coefficient (Wildman–Crippen LogP) is -0.105. The highest BCUT2D eigenvalue weighted by Crippen LogP contribution is 2.61. The third kappa shape index (κ3) is 18.7. The maximum Gasteiger partial charge on any atom is 0.472 e. The van der Waals surface area contributed by atoms with Crippen molar-refractivity contribution < 1.29 is 122 Å². The summed E-state index contributed by atoms with van der Waals surface area (Å²) in [5, 5.41) is 11.8. The second-order valence-electron chi connectivity index (χ2n) is 28.1. The average Bonchev–Trinajstić information content (AvgIpc) is 1.55. The van der Waals surface area contributed by atoms with Crippen LogP contribution in [0.3, 0.4) is 0 Å². The lowest BCUT2D eigenvalue weighted by Gasteiger charge is -2.37. The van der Waals surface area contributed by atoms with E-state index in [-0.39, 0.29) is 109 Å². The van der Waals surface area contributed by atoms with Crippen LogP contribution in [0.15, 0.2) is 52.2 Å². The van der Waals surface area contributed by atoms with E-state index in [4.69, 9.17) is 151 Å². The van der Waals surface area contributed by atoms with E-state index >= 15 is 4.57 Å². The number of aliphatic hydroxyl groups excluding tert-OH is 1. The zero-order valence-electron chi connectivity index (χ0n) is 64.5. The maximum absolute atomic E-state index is 15.2. The maximum atomic E-state index is 15.2. The smallest absolute Gasteiger partial charge is 0.387 e. The minimum Gasteiger partial charge on any atom is -0.387 e. The molecule has 0 spiro atoms. The standard InChI is InChI=1S/C63H88N20O29P4S3/c1-9-31-32(16-36(104-31)81-24-72-38-52(66)68-22-70-54(38)81)109-116(92,119)102-21-63-29(4)103-46(44(108-63)37-28(3)51(65)78-61(86)77-37)49(63)112-113(88,89)99-19-34-42(47(97-14-11-94-7)59(106-34)82-25-73-39-53(67)69-23-71-55(39)82)110-115(91,118)101-20-35-43(48(98-15-12-95-8)60(107-35)83-26-74-40-56(83)75-30(5)76-57(40)85)111-114(90,117)100-18-33-41(84)45(96-13-10-93-6)58(105-33)80-17-27(2)50(64)79-62(80)87/h17,22-26,29,31-36,41-49,58-60,84H,9-16,18-21H2,1-8H3,(H,88,89)(H,90,117)(H,91,118)(H,92,119)(H2,64,79,87)(H2,66,68,70)(H2,67,69,71)(H,75,76,85)(H3,65,77,78,86)/t29-,31+,32+,33+,34+,35+,36+,41-,42-,43-,44-,45?,46?,47?,48?,49+,58+,59+,60+,63-,114?,115?,116?/m0/s1. The second-order valence-corrected chi connectivity index (χ2v) is 37.9. The van der Waals surface area contributed by atoms with Crippen molar-refractivity contribution in [3.63, 3.8) is 0 Å². The Hall–Kier alpha value is -6.41. The number of hydrogen-bond donors (Lipinski definition) is 11. The van der Waals surface area contributed by atoms with Gasteiger partial charge < -0.3 is 133 Å². The molecule has 0 saturated carbocycles. The third-order valence-electron chi connectivity index (χ3n) is 20.6. The van der Waals surface area contributed by atoms with Crippen molar-refractivity contribution in [1.29, 1.82) is 0 Å². The number of ether oxygens (including phenoxy) is 12. The molecule has 49 nitrogen and oxygen atoms in total. The molecule has 14 heterocycles. The Kier molecular flexibility index (Phi) is 27.2. The molecule has 14 rings (SSSR count). The van der Waals surface area contributed by atoms with Crippen molar-refractivity contribution in [2.45, 2.75) is 170 Å². The van der Waals surface area contributed by atoms with Gasteiger partial charge in [0.05, 0.1) is 109 Å². The fourth-order valence-electron chi connectivity index (χ4n) is 14.8. The molecule has 15 N–H and O–H groups in total. The summed E-state index contributed by atoms with van der Waals surface area (Å²) in [7, 11) is -1.38. The van der Waals surface area contributed by atoms with Gasteiger partial charge in [-0.15, -0.1) is 0 Å². The highest BCUT2D eigenvalue weighted by molar-refractivity contribution is 8.07. The number of H-pyrrole nitrogens is 2. The number of phosphoric acid groups is 1. The van der Waals surface area contributed by atoms with Crippen molar-refractivity contribution in [3.05, 3.63) is 91.8 Å². The molecule has 6 fully saturated rings. The Morgan fingerprint density at radius 1 is 0.571 bits per heavy atom. The third-order valence-corrected chi connectivity index (χ3v) is 26.2. The molecule has 0 amide bonds. The normalized spacial score (nSPS) is 30.9. The van der Waals surface area contributed by atoms with Crippen LogP contribution >= 0.6 is 28.0 Å². The van der Waals surface area contributed by atoms with Crippen LogP contribution in [0.25, 0.3) is 33.5 Å². The van der Waals surface area contributed by atoms with E-state index in [1.54, 1.807) is 11.5 Å². The average molecular weight is 1810 g/mol. The molecule has 2 bridgehead atoms. The van der Waals surface area contributed by atoms with Crippen LogP contribution < -0.4 is 39.9 Å². The number of anilines is 4. The summed E-state index contributed by atoms with van der Waals surface area (Å²) in [5.74, 6) is 0.0268. The van der Waals surface area contributed by atoms with Gasteiger partial charge in [-0.2, -0.15) is 9.97 Å². The van der Waals surface area contributed by atoms with Crippen LogP contribution in [0.5, 0.6) is 0 Å². The quantitative estimate of drug-likeness (QED) is 0.0178. The number of aryl methyl sites for hydroxylation is 2.